The maximum atomic E-state index is 11.5. The molecule has 1 saturated heterocycles. The van der Waals surface area contributed by atoms with E-state index in [4.69, 9.17) is 16.3 Å². The van der Waals surface area contributed by atoms with Gasteiger partial charge < -0.3 is 19.9 Å². The second-order valence-corrected chi connectivity index (χ2v) is 8.05. The lowest BCUT2D eigenvalue weighted by molar-refractivity contribution is -0.118. The molecule has 0 saturated carbocycles. The molecule has 0 aliphatic carbocycles. The lowest BCUT2D eigenvalue weighted by Gasteiger charge is -2.36. The number of piperazine rings is 1. The van der Waals surface area contributed by atoms with Crippen LogP contribution in [0.5, 0.6) is 5.75 Å². The third kappa shape index (κ3) is 3.78. The average Bonchev–Trinajstić information content (AvgIpc) is 3.20. The number of aromatic nitrogens is 1. The number of anilines is 2. The molecule has 0 spiro atoms. The van der Waals surface area contributed by atoms with Gasteiger partial charge in [0, 0.05) is 60.5 Å². The number of hydrogen-bond acceptors (Lipinski definition) is 4. The molecular formula is C22H23ClN4O2. The highest BCUT2D eigenvalue weighted by Gasteiger charge is 2.20. The molecule has 150 valence electrons. The summed E-state index contributed by atoms with van der Waals surface area (Å²) in [5.41, 5.74) is 4.28. The molecule has 1 fully saturated rings. The van der Waals surface area contributed by atoms with Crippen molar-refractivity contribution in [2.24, 2.45) is 0 Å². The molecule has 0 radical (unpaired) electrons. The van der Waals surface area contributed by atoms with E-state index in [1.165, 1.54) is 16.6 Å². The smallest absolute Gasteiger partial charge is 0.262 e. The number of carbonyl (C=O) groups excluding carboxylic acids is 1. The summed E-state index contributed by atoms with van der Waals surface area (Å²) in [6, 6.07) is 12.2. The molecule has 3 heterocycles. The first kappa shape index (κ1) is 18.3. The highest BCUT2D eigenvalue weighted by Crippen LogP contribution is 2.31. The van der Waals surface area contributed by atoms with Crippen molar-refractivity contribution in [3.63, 3.8) is 0 Å². The summed E-state index contributed by atoms with van der Waals surface area (Å²) >= 11 is 6.31. The number of rotatable bonds is 4. The van der Waals surface area contributed by atoms with Crippen LogP contribution in [0.25, 0.3) is 10.9 Å². The normalized spacial score (nSPS) is 17.1. The molecule has 3 aromatic rings. The van der Waals surface area contributed by atoms with Crippen molar-refractivity contribution < 1.29 is 9.53 Å². The average molecular weight is 411 g/mol. The monoisotopic (exact) mass is 410 g/mol. The van der Waals surface area contributed by atoms with Crippen molar-refractivity contribution in [3.8, 4) is 5.75 Å². The van der Waals surface area contributed by atoms with Crippen molar-refractivity contribution in [1.82, 2.24) is 9.88 Å². The zero-order chi connectivity index (χ0) is 19.8. The number of nitrogens with one attached hydrogen (secondary N) is 2. The van der Waals surface area contributed by atoms with Crippen molar-refractivity contribution in [2.45, 2.75) is 6.42 Å². The summed E-state index contributed by atoms with van der Waals surface area (Å²) in [6.07, 6.45) is 2.91. The second kappa shape index (κ2) is 7.61. The van der Waals surface area contributed by atoms with E-state index in [1.807, 2.05) is 24.4 Å². The van der Waals surface area contributed by atoms with Crippen LogP contribution in [0.15, 0.2) is 42.6 Å². The Morgan fingerprint density at radius 2 is 1.93 bits per heavy atom. The van der Waals surface area contributed by atoms with E-state index in [2.05, 4.69) is 38.3 Å². The van der Waals surface area contributed by atoms with Gasteiger partial charge in [0.15, 0.2) is 6.61 Å². The van der Waals surface area contributed by atoms with E-state index in [-0.39, 0.29) is 12.5 Å². The Labute approximate surface area is 174 Å². The van der Waals surface area contributed by atoms with Crippen LogP contribution in [0.3, 0.4) is 0 Å². The second-order valence-electron chi connectivity index (χ2n) is 7.61. The predicted octanol–water partition coefficient (Wildman–Crippen LogP) is 3.52. The van der Waals surface area contributed by atoms with Crippen LogP contribution in [0.1, 0.15) is 5.56 Å². The molecule has 0 atom stereocenters. The highest BCUT2D eigenvalue weighted by atomic mass is 35.5. The third-order valence-corrected chi connectivity index (χ3v) is 5.94. The van der Waals surface area contributed by atoms with Gasteiger partial charge in [0.05, 0.1) is 5.69 Å². The van der Waals surface area contributed by atoms with Gasteiger partial charge in [-0.1, -0.05) is 17.7 Å². The zero-order valence-corrected chi connectivity index (χ0v) is 16.8. The van der Waals surface area contributed by atoms with Crippen LogP contribution >= 0.6 is 11.6 Å². The number of benzene rings is 2. The number of carbonyl (C=O) groups is 1. The van der Waals surface area contributed by atoms with Gasteiger partial charge in [-0.05, 0) is 42.3 Å². The fourth-order valence-corrected chi connectivity index (χ4v) is 4.37. The van der Waals surface area contributed by atoms with Gasteiger partial charge in [-0.15, -0.1) is 0 Å². The number of ether oxygens (including phenoxy) is 1. The van der Waals surface area contributed by atoms with Crippen LogP contribution in [-0.2, 0) is 11.2 Å². The number of hydrogen-bond donors (Lipinski definition) is 2. The first-order valence-electron chi connectivity index (χ1n) is 9.95. The number of amides is 1. The van der Waals surface area contributed by atoms with Gasteiger partial charge in [-0.3, -0.25) is 9.69 Å². The number of nitrogens with zero attached hydrogens (tertiary/aromatic N) is 2. The Balaban J connectivity index is 1.20. The Kier molecular flexibility index (Phi) is 4.81. The van der Waals surface area contributed by atoms with Crippen LogP contribution in [0, 0.1) is 0 Å². The minimum atomic E-state index is -0.0942. The minimum absolute atomic E-state index is 0.0942. The van der Waals surface area contributed by atoms with Crippen LogP contribution in [0.4, 0.5) is 11.4 Å². The van der Waals surface area contributed by atoms with Gasteiger partial charge in [0.25, 0.3) is 5.91 Å². The van der Waals surface area contributed by atoms with Gasteiger partial charge in [-0.25, -0.2) is 0 Å². The Hall–Kier alpha value is -2.70. The lowest BCUT2D eigenvalue weighted by Crippen LogP contribution is -2.47. The van der Waals surface area contributed by atoms with E-state index in [9.17, 15) is 4.79 Å². The fraction of sp³-hybridized carbons (Fsp3) is 0.318. The van der Waals surface area contributed by atoms with Crippen LogP contribution < -0.4 is 15.0 Å². The topological polar surface area (TPSA) is 60.6 Å². The van der Waals surface area contributed by atoms with E-state index in [0.29, 0.717) is 0 Å². The SMILES string of the molecule is O=C1COc2ccc(CCN3CCN(c4cc(Cl)cc5[nH]ccc45)CC3)cc2N1. The Morgan fingerprint density at radius 3 is 2.79 bits per heavy atom. The molecule has 1 aromatic heterocycles. The number of halogens is 1. The van der Waals surface area contributed by atoms with Crippen molar-refractivity contribution >= 4 is 39.8 Å². The molecule has 2 aliphatic heterocycles. The van der Waals surface area contributed by atoms with Crippen molar-refractivity contribution in [1.29, 1.82) is 0 Å². The molecule has 6 nitrogen and oxygen atoms in total. The molecule has 29 heavy (non-hydrogen) atoms. The summed E-state index contributed by atoms with van der Waals surface area (Å²) in [5, 5.41) is 4.87. The standard InChI is InChI=1S/C22H23ClN4O2/c23-16-12-18-17(3-5-24-18)20(13-16)27-9-7-26(8-10-27)6-4-15-1-2-21-19(11-15)25-22(28)14-29-21/h1-3,5,11-13,24H,4,6-10,14H2,(H,25,28). The molecule has 2 N–H and O–H groups in total. The lowest BCUT2D eigenvalue weighted by atomic mass is 10.1. The first-order chi connectivity index (χ1) is 14.2. The molecular weight excluding hydrogens is 388 g/mol. The first-order valence-corrected chi connectivity index (χ1v) is 10.3. The van der Waals surface area contributed by atoms with Crippen LogP contribution in [0.2, 0.25) is 5.02 Å². The number of aromatic amines is 1. The molecule has 1 amide bonds. The molecule has 7 heteroatoms. The molecule has 2 aromatic carbocycles. The fourth-order valence-electron chi connectivity index (χ4n) is 4.16. The Bertz CT molecular complexity index is 1060. The summed E-state index contributed by atoms with van der Waals surface area (Å²) in [7, 11) is 0. The summed E-state index contributed by atoms with van der Waals surface area (Å²) < 4.78 is 5.43. The largest absolute Gasteiger partial charge is 0.482 e. The van der Waals surface area contributed by atoms with Gasteiger partial charge in [-0.2, -0.15) is 0 Å². The summed E-state index contributed by atoms with van der Waals surface area (Å²) in [5.74, 6) is 0.655. The van der Waals surface area contributed by atoms with E-state index in [1.54, 1.807) is 0 Å². The van der Waals surface area contributed by atoms with Crippen LogP contribution in [-0.4, -0.2) is 55.1 Å². The number of fused-ring (bicyclic) bond motifs is 2. The third-order valence-electron chi connectivity index (χ3n) is 5.72. The molecule has 5 rings (SSSR count). The quantitative estimate of drug-likeness (QED) is 0.691. The van der Waals surface area contributed by atoms with E-state index >= 15 is 0 Å². The number of H-pyrrole nitrogens is 1. The highest BCUT2D eigenvalue weighted by molar-refractivity contribution is 6.31. The summed E-state index contributed by atoms with van der Waals surface area (Å²) in [6.45, 7) is 5.09. The van der Waals surface area contributed by atoms with Crippen molar-refractivity contribution in [2.75, 3.05) is 49.5 Å². The maximum absolute atomic E-state index is 11.5. The summed E-state index contributed by atoms with van der Waals surface area (Å²) in [4.78, 5) is 19.7. The van der Waals surface area contributed by atoms with E-state index in [0.717, 1.165) is 61.1 Å². The molecule has 2 aliphatic rings. The van der Waals surface area contributed by atoms with Gasteiger partial charge in [0.2, 0.25) is 0 Å². The van der Waals surface area contributed by atoms with Gasteiger partial charge >= 0.3 is 0 Å². The van der Waals surface area contributed by atoms with Crippen molar-refractivity contribution in [3.05, 3.63) is 53.2 Å². The molecule has 0 bridgehead atoms. The Morgan fingerprint density at radius 1 is 1.07 bits per heavy atom. The van der Waals surface area contributed by atoms with E-state index < -0.39 is 0 Å². The molecule has 0 unspecified atom stereocenters. The minimum Gasteiger partial charge on any atom is -0.482 e. The predicted molar refractivity (Wildman–Crippen MR) is 116 cm³/mol. The zero-order valence-electron chi connectivity index (χ0n) is 16.1. The van der Waals surface area contributed by atoms with Gasteiger partial charge in [0.1, 0.15) is 5.75 Å². The maximum Gasteiger partial charge on any atom is 0.262 e.